The molecule has 3 rings (SSSR count). The normalized spacial score (nSPS) is 10.4. The fourth-order valence-electron chi connectivity index (χ4n) is 2.50. The summed E-state index contributed by atoms with van der Waals surface area (Å²) in [5.41, 5.74) is 2.42. The van der Waals surface area contributed by atoms with E-state index in [0.717, 1.165) is 11.1 Å². The number of nitrogens with one attached hydrogen (secondary N) is 1. The van der Waals surface area contributed by atoms with E-state index in [-0.39, 0.29) is 18.2 Å². The molecule has 26 heavy (non-hydrogen) atoms. The van der Waals surface area contributed by atoms with Gasteiger partial charge in [-0.3, -0.25) is 4.79 Å². The Kier molecular flexibility index (Phi) is 5.17. The van der Waals surface area contributed by atoms with Crippen molar-refractivity contribution in [3.63, 3.8) is 0 Å². The van der Waals surface area contributed by atoms with Crippen LogP contribution in [0, 0.1) is 6.92 Å². The van der Waals surface area contributed by atoms with E-state index in [0.29, 0.717) is 23.0 Å². The molecular weight excluding hydrogens is 334 g/mol. The lowest BCUT2D eigenvalue weighted by molar-refractivity contribution is -0.115. The van der Waals surface area contributed by atoms with Crippen LogP contribution in [0.15, 0.2) is 47.0 Å². The van der Waals surface area contributed by atoms with Gasteiger partial charge in [0.05, 0.1) is 19.9 Å². The molecule has 3 aromatic rings. The quantitative estimate of drug-likeness (QED) is 0.732. The molecule has 1 amide bonds. The number of aryl methyl sites for hydroxylation is 1. The molecular formula is C19H19N3O4. The third-order valence-corrected chi connectivity index (χ3v) is 3.85. The van der Waals surface area contributed by atoms with Gasteiger partial charge >= 0.3 is 0 Å². The third kappa shape index (κ3) is 3.83. The number of carbonyl (C=O) groups excluding carboxylic acids is 1. The van der Waals surface area contributed by atoms with Gasteiger partial charge in [0.25, 0.3) is 0 Å². The Bertz CT molecular complexity index is 921. The van der Waals surface area contributed by atoms with Crippen LogP contribution in [-0.4, -0.2) is 30.3 Å². The molecule has 0 aliphatic rings. The number of ether oxygens (including phenoxy) is 2. The minimum absolute atomic E-state index is 0.0424. The predicted octanol–water partition coefficient (Wildman–Crippen LogP) is 3.24. The minimum Gasteiger partial charge on any atom is -0.497 e. The van der Waals surface area contributed by atoms with Crippen molar-refractivity contribution in [1.29, 1.82) is 0 Å². The first-order valence-corrected chi connectivity index (χ1v) is 8.01. The summed E-state index contributed by atoms with van der Waals surface area (Å²) in [6.45, 7) is 1.97. The number of carbonyl (C=O) groups is 1. The summed E-state index contributed by atoms with van der Waals surface area (Å²) in [6, 6.07) is 12.9. The molecule has 1 aromatic heterocycles. The van der Waals surface area contributed by atoms with Gasteiger partial charge in [-0.2, -0.15) is 4.98 Å². The number of hydrogen-bond acceptors (Lipinski definition) is 6. The Labute approximate surface area is 150 Å². The molecule has 0 fully saturated rings. The Hall–Kier alpha value is -3.35. The lowest BCUT2D eigenvalue weighted by Gasteiger charge is -2.11. The molecule has 0 atom stereocenters. The molecule has 0 radical (unpaired) electrons. The fraction of sp³-hybridized carbons (Fsp3) is 0.211. The number of methoxy groups -OCH3 is 2. The lowest BCUT2D eigenvalue weighted by Crippen LogP contribution is -2.15. The zero-order valence-corrected chi connectivity index (χ0v) is 14.8. The van der Waals surface area contributed by atoms with E-state index in [1.807, 2.05) is 31.2 Å². The second-order valence-corrected chi connectivity index (χ2v) is 5.62. The second kappa shape index (κ2) is 7.69. The number of anilines is 1. The van der Waals surface area contributed by atoms with E-state index in [1.54, 1.807) is 25.3 Å². The van der Waals surface area contributed by atoms with Gasteiger partial charge in [-0.05, 0) is 24.6 Å². The van der Waals surface area contributed by atoms with Gasteiger partial charge in [0.1, 0.15) is 17.9 Å². The van der Waals surface area contributed by atoms with Gasteiger partial charge in [-0.25, -0.2) is 0 Å². The van der Waals surface area contributed by atoms with Crippen LogP contribution < -0.4 is 14.8 Å². The predicted molar refractivity (Wildman–Crippen MR) is 96.4 cm³/mol. The fourth-order valence-corrected chi connectivity index (χ4v) is 2.50. The highest BCUT2D eigenvalue weighted by Gasteiger charge is 2.15. The Morgan fingerprint density at radius 2 is 1.96 bits per heavy atom. The number of aromatic nitrogens is 2. The highest BCUT2D eigenvalue weighted by molar-refractivity contribution is 5.93. The maximum absolute atomic E-state index is 12.3. The number of nitrogens with zero attached hydrogens (tertiary/aromatic N) is 2. The van der Waals surface area contributed by atoms with Crippen molar-refractivity contribution in [2.45, 2.75) is 13.3 Å². The summed E-state index contributed by atoms with van der Waals surface area (Å²) in [5.74, 6) is 1.55. The molecule has 0 unspecified atom stereocenters. The minimum atomic E-state index is -0.295. The lowest BCUT2D eigenvalue weighted by atomic mass is 10.1. The zero-order valence-electron chi connectivity index (χ0n) is 14.8. The van der Waals surface area contributed by atoms with Gasteiger partial charge < -0.3 is 19.3 Å². The van der Waals surface area contributed by atoms with Crippen LogP contribution in [0.1, 0.15) is 11.5 Å². The highest BCUT2D eigenvalue weighted by atomic mass is 16.5. The molecule has 0 spiro atoms. The number of rotatable bonds is 6. The molecule has 1 N–H and O–H groups in total. The first-order chi connectivity index (χ1) is 12.6. The van der Waals surface area contributed by atoms with Crippen molar-refractivity contribution in [2.24, 2.45) is 0 Å². The maximum atomic E-state index is 12.3. The van der Waals surface area contributed by atoms with Crippen molar-refractivity contribution in [2.75, 3.05) is 19.5 Å². The monoisotopic (exact) mass is 353 g/mol. The molecule has 2 aromatic carbocycles. The van der Waals surface area contributed by atoms with Crippen molar-refractivity contribution >= 4 is 11.6 Å². The summed E-state index contributed by atoms with van der Waals surface area (Å²) in [7, 11) is 3.09. The topological polar surface area (TPSA) is 86.5 Å². The summed E-state index contributed by atoms with van der Waals surface area (Å²) >= 11 is 0. The van der Waals surface area contributed by atoms with Crippen molar-refractivity contribution in [1.82, 2.24) is 10.1 Å². The molecule has 1 heterocycles. The van der Waals surface area contributed by atoms with Crippen LogP contribution in [0.5, 0.6) is 11.5 Å². The van der Waals surface area contributed by atoms with Gasteiger partial charge in [-0.15, -0.1) is 0 Å². The molecule has 0 aliphatic carbocycles. The SMILES string of the molecule is COc1ccc(OC)c(NC(=O)Cc2nc(-c3ccccc3C)no2)c1. The largest absolute Gasteiger partial charge is 0.497 e. The van der Waals surface area contributed by atoms with Crippen LogP contribution in [0.2, 0.25) is 0 Å². The van der Waals surface area contributed by atoms with Crippen molar-refractivity contribution < 1.29 is 18.8 Å². The first kappa shape index (κ1) is 17.5. The number of hydrogen-bond donors (Lipinski definition) is 1. The Morgan fingerprint density at radius 1 is 1.15 bits per heavy atom. The van der Waals surface area contributed by atoms with Crippen molar-refractivity contribution in [3.05, 3.63) is 53.9 Å². The molecule has 134 valence electrons. The van der Waals surface area contributed by atoms with Crippen LogP contribution in [0.4, 0.5) is 5.69 Å². The van der Waals surface area contributed by atoms with Crippen molar-refractivity contribution in [3.8, 4) is 22.9 Å². The molecule has 7 nitrogen and oxygen atoms in total. The van der Waals surface area contributed by atoms with E-state index in [2.05, 4.69) is 15.5 Å². The molecule has 0 saturated carbocycles. The van der Waals surface area contributed by atoms with Crippen LogP contribution in [0.25, 0.3) is 11.4 Å². The van der Waals surface area contributed by atoms with E-state index in [1.165, 1.54) is 7.11 Å². The summed E-state index contributed by atoms with van der Waals surface area (Å²) in [6.07, 6.45) is -0.0424. The smallest absolute Gasteiger partial charge is 0.236 e. The average molecular weight is 353 g/mol. The third-order valence-electron chi connectivity index (χ3n) is 3.85. The summed E-state index contributed by atoms with van der Waals surface area (Å²) < 4.78 is 15.6. The second-order valence-electron chi connectivity index (χ2n) is 5.62. The van der Waals surface area contributed by atoms with Gasteiger partial charge in [0.2, 0.25) is 17.6 Å². The highest BCUT2D eigenvalue weighted by Crippen LogP contribution is 2.29. The molecule has 0 bridgehead atoms. The van der Waals surface area contributed by atoms with Gasteiger partial charge in [0.15, 0.2) is 0 Å². The molecule has 0 aliphatic heterocycles. The molecule has 7 heteroatoms. The van der Waals surface area contributed by atoms with Gasteiger partial charge in [-0.1, -0.05) is 29.4 Å². The van der Waals surface area contributed by atoms with Gasteiger partial charge in [0, 0.05) is 11.6 Å². The van der Waals surface area contributed by atoms with Crippen LogP contribution >= 0.6 is 0 Å². The summed E-state index contributed by atoms with van der Waals surface area (Å²) in [5, 5.41) is 6.73. The Morgan fingerprint density at radius 3 is 2.69 bits per heavy atom. The average Bonchev–Trinajstić information content (AvgIpc) is 3.10. The zero-order chi connectivity index (χ0) is 18.5. The van der Waals surface area contributed by atoms with Crippen LogP contribution in [-0.2, 0) is 11.2 Å². The standard InChI is InChI=1S/C19H19N3O4/c1-12-6-4-5-7-14(12)19-21-18(26-22-19)11-17(23)20-15-10-13(24-2)8-9-16(15)25-3/h4-10H,11H2,1-3H3,(H,20,23). The number of benzene rings is 2. The maximum Gasteiger partial charge on any atom is 0.236 e. The molecule has 0 saturated heterocycles. The van der Waals surface area contributed by atoms with E-state index >= 15 is 0 Å². The van der Waals surface area contributed by atoms with E-state index < -0.39 is 0 Å². The first-order valence-electron chi connectivity index (χ1n) is 8.01. The van der Waals surface area contributed by atoms with E-state index in [9.17, 15) is 4.79 Å². The van der Waals surface area contributed by atoms with Crippen LogP contribution in [0.3, 0.4) is 0 Å². The van der Waals surface area contributed by atoms with E-state index in [4.69, 9.17) is 14.0 Å². The Balaban J connectivity index is 1.73. The number of amides is 1. The summed E-state index contributed by atoms with van der Waals surface area (Å²) in [4.78, 5) is 16.6.